The molecule has 2 aromatic carbocycles. The van der Waals surface area contributed by atoms with Crippen molar-refractivity contribution in [3.63, 3.8) is 0 Å². The smallest absolute Gasteiger partial charge is 0.261 e. The predicted molar refractivity (Wildman–Crippen MR) is 97.9 cm³/mol. The van der Waals surface area contributed by atoms with Gasteiger partial charge < -0.3 is 15.0 Å². The molecule has 0 bridgehead atoms. The van der Waals surface area contributed by atoms with Crippen LogP contribution in [0.5, 0.6) is 5.75 Å². The molecule has 0 fully saturated rings. The summed E-state index contributed by atoms with van der Waals surface area (Å²) >= 11 is 0. The van der Waals surface area contributed by atoms with Crippen molar-refractivity contribution in [1.29, 1.82) is 5.26 Å². The number of H-pyrrole nitrogens is 1. The van der Waals surface area contributed by atoms with Gasteiger partial charge in [0.25, 0.3) is 5.91 Å². The lowest BCUT2D eigenvalue weighted by molar-refractivity contribution is -0.116. The summed E-state index contributed by atoms with van der Waals surface area (Å²) in [7, 11) is 3.11. The Labute approximate surface area is 145 Å². The van der Waals surface area contributed by atoms with Gasteiger partial charge in [-0.25, -0.2) is 0 Å². The minimum atomic E-state index is -0.418. The second-order valence-electron chi connectivity index (χ2n) is 5.44. The van der Waals surface area contributed by atoms with E-state index in [4.69, 9.17) is 4.74 Å². The third-order valence-electron chi connectivity index (χ3n) is 3.99. The van der Waals surface area contributed by atoms with Gasteiger partial charge in [0.1, 0.15) is 17.4 Å². The normalized spacial score (nSPS) is 11.2. The number of carbonyl (C=O) groups excluding carboxylic acids is 1. The highest BCUT2D eigenvalue weighted by molar-refractivity contribution is 6.06. The number of amides is 1. The molecule has 5 nitrogen and oxygen atoms in total. The van der Waals surface area contributed by atoms with Crippen molar-refractivity contribution in [2.45, 2.75) is 0 Å². The zero-order valence-electron chi connectivity index (χ0n) is 14.0. The molecule has 2 N–H and O–H groups in total. The van der Waals surface area contributed by atoms with Gasteiger partial charge in [-0.2, -0.15) is 5.26 Å². The molecule has 124 valence electrons. The molecule has 5 heteroatoms. The largest absolute Gasteiger partial charge is 0.497 e. The van der Waals surface area contributed by atoms with Crippen LogP contribution in [-0.4, -0.2) is 25.0 Å². The average molecular weight is 331 g/mol. The number of nitriles is 1. The number of likely N-dealkylation sites (N-methyl/N-ethyl adjacent to an activating group) is 1. The van der Waals surface area contributed by atoms with Crippen molar-refractivity contribution < 1.29 is 9.53 Å². The molecule has 1 aromatic heterocycles. The zero-order valence-corrected chi connectivity index (χ0v) is 14.0. The molecule has 0 aliphatic carbocycles. The molecule has 0 aliphatic heterocycles. The van der Waals surface area contributed by atoms with Crippen molar-refractivity contribution in [3.8, 4) is 23.1 Å². The molecule has 0 aliphatic rings. The van der Waals surface area contributed by atoms with E-state index in [1.165, 1.54) is 7.05 Å². The lowest BCUT2D eigenvalue weighted by Crippen LogP contribution is -2.19. The molecular weight excluding hydrogens is 314 g/mol. The number of aromatic nitrogens is 1. The van der Waals surface area contributed by atoms with E-state index in [0.717, 1.165) is 27.7 Å². The van der Waals surface area contributed by atoms with Crippen LogP contribution in [0.4, 0.5) is 0 Å². The van der Waals surface area contributed by atoms with Gasteiger partial charge in [0.2, 0.25) is 0 Å². The Bertz CT molecular complexity index is 995. The second-order valence-corrected chi connectivity index (χ2v) is 5.44. The molecule has 0 saturated heterocycles. The topological polar surface area (TPSA) is 77.9 Å². The Morgan fingerprint density at radius 1 is 1.24 bits per heavy atom. The summed E-state index contributed by atoms with van der Waals surface area (Å²) in [6.45, 7) is 0. The highest BCUT2D eigenvalue weighted by Crippen LogP contribution is 2.34. The summed E-state index contributed by atoms with van der Waals surface area (Å²) < 4.78 is 5.31. The summed E-state index contributed by atoms with van der Waals surface area (Å²) in [5.41, 5.74) is 3.54. The third kappa shape index (κ3) is 3.10. The minimum absolute atomic E-state index is 0.0448. The van der Waals surface area contributed by atoms with Gasteiger partial charge in [-0.1, -0.05) is 30.3 Å². The molecule has 0 unspecified atom stereocenters. The molecule has 25 heavy (non-hydrogen) atoms. The van der Waals surface area contributed by atoms with Crippen LogP contribution in [0.25, 0.3) is 28.2 Å². The highest BCUT2D eigenvalue weighted by atomic mass is 16.5. The van der Waals surface area contributed by atoms with Gasteiger partial charge in [0.15, 0.2) is 0 Å². The van der Waals surface area contributed by atoms with E-state index in [-0.39, 0.29) is 5.57 Å². The number of aromatic amines is 1. The number of hydrogen-bond acceptors (Lipinski definition) is 3. The molecule has 0 radical (unpaired) electrons. The van der Waals surface area contributed by atoms with E-state index in [1.54, 1.807) is 13.2 Å². The fourth-order valence-corrected chi connectivity index (χ4v) is 2.73. The second kappa shape index (κ2) is 6.93. The first-order valence-electron chi connectivity index (χ1n) is 7.77. The Kier molecular flexibility index (Phi) is 4.53. The number of rotatable bonds is 4. The van der Waals surface area contributed by atoms with Crippen molar-refractivity contribution in [3.05, 3.63) is 59.7 Å². The van der Waals surface area contributed by atoms with Crippen LogP contribution in [0.15, 0.2) is 54.1 Å². The first kappa shape index (κ1) is 16.3. The zero-order chi connectivity index (χ0) is 17.8. The van der Waals surface area contributed by atoms with Gasteiger partial charge in [-0.05, 0) is 29.8 Å². The maximum Gasteiger partial charge on any atom is 0.261 e. The number of ether oxygens (including phenoxy) is 1. The first-order valence-corrected chi connectivity index (χ1v) is 7.77. The van der Waals surface area contributed by atoms with Crippen LogP contribution in [0.3, 0.4) is 0 Å². The quantitative estimate of drug-likeness (QED) is 0.567. The predicted octanol–water partition coefficient (Wildman–Crippen LogP) is 3.50. The Morgan fingerprint density at radius 3 is 2.64 bits per heavy atom. The SMILES string of the molecule is CNC(=O)/C(C#N)=C/c1c(-c2ccccc2)[nH]c2ccc(OC)cc12. The Balaban J connectivity index is 2.31. The summed E-state index contributed by atoms with van der Waals surface area (Å²) in [4.78, 5) is 15.3. The number of fused-ring (bicyclic) bond motifs is 1. The van der Waals surface area contributed by atoms with Crippen molar-refractivity contribution in [2.24, 2.45) is 0 Å². The number of carbonyl (C=O) groups is 1. The number of nitrogens with one attached hydrogen (secondary N) is 2. The Hall–Kier alpha value is -3.52. The fourth-order valence-electron chi connectivity index (χ4n) is 2.73. The summed E-state index contributed by atoms with van der Waals surface area (Å²) in [6, 6.07) is 17.4. The third-order valence-corrected chi connectivity index (χ3v) is 3.99. The summed E-state index contributed by atoms with van der Waals surface area (Å²) in [5, 5.41) is 12.7. The van der Waals surface area contributed by atoms with Crippen LogP contribution >= 0.6 is 0 Å². The minimum Gasteiger partial charge on any atom is -0.497 e. The van der Waals surface area contributed by atoms with Crippen LogP contribution < -0.4 is 10.1 Å². The van der Waals surface area contributed by atoms with E-state index in [1.807, 2.05) is 54.6 Å². The molecular formula is C20H17N3O2. The number of methoxy groups -OCH3 is 1. The van der Waals surface area contributed by atoms with Crippen LogP contribution in [0.1, 0.15) is 5.56 Å². The lowest BCUT2D eigenvalue weighted by Gasteiger charge is -2.03. The van der Waals surface area contributed by atoms with Crippen LogP contribution in [0, 0.1) is 11.3 Å². The molecule has 0 atom stereocenters. The average Bonchev–Trinajstić information content (AvgIpc) is 3.03. The highest BCUT2D eigenvalue weighted by Gasteiger charge is 2.15. The molecule has 0 spiro atoms. The van der Waals surface area contributed by atoms with Gasteiger partial charge >= 0.3 is 0 Å². The van der Waals surface area contributed by atoms with Crippen molar-refractivity contribution >= 4 is 22.9 Å². The van der Waals surface area contributed by atoms with Crippen molar-refractivity contribution in [1.82, 2.24) is 10.3 Å². The van der Waals surface area contributed by atoms with Crippen LogP contribution in [-0.2, 0) is 4.79 Å². The monoisotopic (exact) mass is 331 g/mol. The van der Waals surface area contributed by atoms with Gasteiger partial charge in [0, 0.05) is 23.5 Å². The number of benzene rings is 2. The van der Waals surface area contributed by atoms with E-state index >= 15 is 0 Å². The van der Waals surface area contributed by atoms with Crippen molar-refractivity contribution in [2.75, 3.05) is 14.2 Å². The van der Waals surface area contributed by atoms with E-state index in [9.17, 15) is 10.1 Å². The standard InChI is InChI=1S/C20H17N3O2/c1-22-20(24)14(12-21)10-17-16-11-15(25-2)8-9-18(16)23-19(17)13-6-4-3-5-7-13/h3-11,23H,1-2H3,(H,22,24)/b14-10+. The van der Waals surface area contributed by atoms with Gasteiger partial charge in [0.05, 0.1) is 12.8 Å². The maximum atomic E-state index is 11.9. The van der Waals surface area contributed by atoms with E-state index in [2.05, 4.69) is 10.3 Å². The van der Waals surface area contributed by atoms with Crippen LogP contribution in [0.2, 0.25) is 0 Å². The Morgan fingerprint density at radius 2 is 2.00 bits per heavy atom. The molecule has 1 heterocycles. The number of hydrogen-bond donors (Lipinski definition) is 2. The van der Waals surface area contributed by atoms with Gasteiger partial charge in [-0.3, -0.25) is 4.79 Å². The summed E-state index contributed by atoms with van der Waals surface area (Å²) in [5.74, 6) is 0.290. The fraction of sp³-hybridized carbons (Fsp3) is 0.100. The van der Waals surface area contributed by atoms with Gasteiger partial charge in [-0.15, -0.1) is 0 Å². The molecule has 0 saturated carbocycles. The maximum absolute atomic E-state index is 11.9. The van der Waals surface area contributed by atoms with E-state index in [0.29, 0.717) is 5.75 Å². The number of nitrogens with zero attached hydrogens (tertiary/aromatic N) is 1. The van der Waals surface area contributed by atoms with E-state index < -0.39 is 5.91 Å². The summed E-state index contributed by atoms with van der Waals surface area (Å²) in [6.07, 6.45) is 1.61. The molecule has 3 aromatic rings. The lowest BCUT2D eigenvalue weighted by atomic mass is 10.0. The molecule has 1 amide bonds. The first-order chi connectivity index (χ1) is 12.2. The molecule has 3 rings (SSSR count).